The van der Waals surface area contributed by atoms with Crippen LogP contribution in [0.2, 0.25) is 0 Å². The summed E-state index contributed by atoms with van der Waals surface area (Å²) in [6, 6.07) is 0.423. The predicted molar refractivity (Wildman–Crippen MR) is 71.2 cm³/mol. The highest BCUT2D eigenvalue weighted by Gasteiger charge is 2.18. The lowest BCUT2D eigenvalue weighted by Gasteiger charge is -2.31. The van der Waals surface area contributed by atoms with Crippen LogP contribution in [0.1, 0.15) is 12.8 Å². The summed E-state index contributed by atoms with van der Waals surface area (Å²) in [5.74, 6) is 2.69. The third kappa shape index (κ3) is 6.01. The van der Waals surface area contributed by atoms with Crippen LogP contribution in [0.15, 0.2) is 0 Å². The first-order valence-corrected chi connectivity index (χ1v) is 6.41. The van der Waals surface area contributed by atoms with Crippen molar-refractivity contribution in [3.63, 3.8) is 0 Å². The van der Waals surface area contributed by atoms with Crippen LogP contribution in [-0.4, -0.2) is 63.3 Å². The van der Waals surface area contributed by atoms with Crippen molar-refractivity contribution in [3.05, 3.63) is 0 Å². The highest BCUT2D eigenvalue weighted by molar-refractivity contribution is 5.77. The van der Waals surface area contributed by atoms with Gasteiger partial charge in [0, 0.05) is 32.8 Å². The van der Waals surface area contributed by atoms with Crippen LogP contribution < -0.4 is 10.6 Å². The quantitative estimate of drug-likeness (QED) is 0.471. The van der Waals surface area contributed by atoms with E-state index in [1.807, 2.05) is 0 Å². The van der Waals surface area contributed by atoms with Gasteiger partial charge in [-0.15, -0.1) is 6.42 Å². The van der Waals surface area contributed by atoms with E-state index in [-0.39, 0.29) is 5.91 Å². The summed E-state index contributed by atoms with van der Waals surface area (Å²) < 4.78 is 4.86. The molecule has 1 rings (SSSR count). The molecule has 0 aromatic rings. The van der Waals surface area contributed by atoms with Crippen molar-refractivity contribution in [1.29, 1.82) is 0 Å². The number of carbonyl (C=O) groups is 1. The zero-order chi connectivity index (χ0) is 13.2. The lowest BCUT2D eigenvalue weighted by atomic mass is 10.1. The fourth-order valence-corrected chi connectivity index (χ4v) is 2.02. The van der Waals surface area contributed by atoms with Crippen LogP contribution in [-0.2, 0) is 9.53 Å². The number of nitrogens with zero attached hydrogens (tertiary/aromatic N) is 1. The topological polar surface area (TPSA) is 53.6 Å². The summed E-state index contributed by atoms with van der Waals surface area (Å²) >= 11 is 0. The zero-order valence-electron chi connectivity index (χ0n) is 11.1. The molecular formula is C13H23N3O2. The minimum absolute atomic E-state index is 0.0260. The third-order valence-corrected chi connectivity index (χ3v) is 3.08. The molecule has 1 aliphatic heterocycles. The van der Waals surface area contributed by atoms with Gasteiger partial charge >= 0.3 is 0 Å². The molecule has 1 fully saturated rings. The van der Waals surface area contributed by atoms with Gasteiger partial charge in [0.15, 0.2) is 0 Å². The second-order valence-electron chi connectivity index (χ2n) is 4.48. The van der Waals surface area contributed by atoms with Gasteiger partial charge in [0.05, 0.1) is 19.7 Å². The molecule has 1 aliphatic rings. The number of hydrogen-bond acceptors (Lipinski definition) is 4. The number of likely N-dealkylation sites (tertiary alicyclic amines) is 1. The Bertz CT molecular complexity index is 280. The number of ether oxygens (including phenoxy) is 1. The monoisotopic (exact) mass is 253 g/mol. The van der Waals surface area contributed by atoms with E-state index in [2.05, 4.69) is 21.5 Å². The standard InChI is InChI=1S/C13H23N3O2/c1-3-7-16-8-4-12(5-9-16)15-11-13(17)14-6-10-18-2/h1,12,15H,4-11H2,2H3,(H,14,17). The van der Waals surface area contributed by atoms with E-state index in [0.29, 0.717) is 25.7 Å². The summed E-state index contributed by atoms with van der Waals surface area (Å²) in [5, 5.41) is 6.07. The maximum atomic E-state index is 11.5. The van der Waals surface area contributed by atoms with Gasteiger partial charge in [-0.3, -0.25) is 9.69 Å². The lowest BCUT2D eigenvalue weighted by Crippen LogP contribution is -2.46. The molecule has 1 saturated heterocycles. The number of rotatable bonds is 7. The van der Waals surface area contributed by atoms with Gasteiger partial charge in [-0.25, -0.2) is 0 Å². The van der Waals surface area contributed by atoms with Crippen molar-refractivity contribution in [2.75, 3.05) is 46.4 Å². The summed E-state index contributed by atoms with van der Waals surface area (Å²) in [6.07, 6.45) is 7.38. The van der Waals surface area contributed by atoms with Gasteiger partial charge in [-0.2, -0.15) is 0 Å². The van der Waals surface area contributed by atoms with E-state index in [1.165, 1.54) is 0 Å². The van der Waals surface area contributed by atoms with Crippen LogP contribution in [0.3, 0.4) is 0 Å². The summed E-state index contributed by atoms with van der Waals surface area (Å²) in [5.41, 5.74) is 0. The Morgan fingerprint density at radius 2 is 2.22 bits per heavy atom. The number of carbonyl (C=O) groups excluding carboxylic acids is 1. The Kier molecular flexibility index (Phi) is 7.42. The molecule has 0 atom stereocenters. The van der Waals surface area contributed by atoms with E-state index in [4.69, 9.17) is 11.2 Å². The Morgan fingerprint density at radius 3 is 2.83 bits per heavy atom. The molecule has 1 heterocycles. The molecule has 18 heavy (non-hydrogen) atoms. The largest absolute Gasteiger partial charge is 0.383 e. The first-order valence-electron chi connectivity index (χ1n) is 6.41. The van der Waals surface area contributed by atoms with Crippen molar-refractivity contribution >= 4 is 5.91 Å². The highest BCUT2D eigenvalue weighted by Crippen LogP contribution is 2.09. The van der Waals surface area contributed by atoms with Crippen LogP contribution in [0, 0.1) is 12.3 Å². The minimum Gasteiger partial charge on any atom is -0.383 e. The number of nitrogens with one attached hydrogen (secondary N) is 2. The molecule has 102 valence electrons. The molecule has 0 aliphatic carbocycles. The van der Waals surface area contributed by atoms with E-state index in [1.54, 1.807) is 7.11 Å². The molecule has 0 unspecified atom stereocenters. The first-order chi connectivity index (χ1) is 8.76. The summed E-state index contributed by atoms with van der Waals surface area (Å²) in [6.45, 7) is 4.24. The Labute approximate surface area is 109 Å². The molecule has 0 spiro atoms. The van der Waals surface area contributed by atoms with Crippen molar-refractivity contribution < 1.29 is 9.53 Å². The highest BCUT2D eigenvalue weighted by atomic mass is 16.5. The fraction of sp³-hybridized carbons (Fsp3) is 0.769. The molecule has 0 aromatic carbocycles. The summed E-state index contributed by atoms with van der Waals surface area (Å²) in [7, 11) is 1.62. The molecule has 0 saturated carbocycles. The van der Waals surface area contributed by atoms with E-state index < -0.39 is 0 Å². The second kappa shape index (κ2) is 8.92. The lowest BCUT2D eigenvalue weighted by molar-refractivity contribution is -0.120. The van der Waals surface area contributed by atoms with E-state index in [9.17, 15) is 4.79 Å². The molecule has 0 aromatic heterocycles. The number of methoxy groups -OCH3 is 1. The average Bonchev–Trinajstić information content (AvgIpc) is 2.39. The van der Waals surface area contributed by atoms with Crippen LogP contribution >= 0.6 is 0 Å². The van der Waals surface area contributed by atoms with Gasteiger partial charge < -0.3 is 15.4 Å². The first kappa shape index (κ1) is 15.0. The van der Waals surface area contributed by atoms with Gasteiger partial charge in [0.1, 0.15) is 0 Å². The number of piperidine rings is 1. The fourth-order valence-electron chi connectivity index (χ4n) is 2.02. The molecule has 2 N–H and O–H groups in total. The van der Waals surface area contributed by atoms with Crippen molar-refractivity contribution in [2.45, 2.75) is 18.9 Å². The molecule has 5 heteroatoms. The number of terminal acetylenes is 1. The Hall–Kier alpha value is -1.09. The maximum Gasteiger partial charge on any atom is 0.234 e. The van der Waals surface area contributed by atoms with Gasteiger partial charge in [0.25, 0.3) is 0 Å². The van der Waals surface area contributed by atoms with Gasteiger partial charge in [-0.1, -0.05) is 5.92 Å². The SMILES string of the molecule is C#CCN1CCC(NCC(=O)NCCOC)CC1. The third-order valence-electron chi connectivity index (χ3n) is 3.08. The van der Waals surface area contributed by atoms with Crippen molar-refractivity contribution in [1.82, 2.24) is 15.5 Å². The average molecular weight is 253 g/mol. The van der Waals surface area contributed by atoms with E-state index in [0.717, 1.165) is 32.5 Å². The predicted octanol–water partition coefficient (Wildman–Crippen LogP) is -0.564. The Morgan fingerprint density at radius 1 is 1.50 bits per heavy atom. The molecule has 0 bridgehead atoms. The summed E-state index contributed by atoms with van der Waals surface area (Å²) in [4.78, 5) is 13.7. The Balaban J connectivity index is 2.07. The molecule has 0 radical (unpaired) electrons. The zero-order valence-corrected chi connectivity index (χ0v) is 11.1. The number of amides is 1. The number of hydrogen-bond donors (Lipinski definition) is 2. The molecular weight excluding hydrogens is 230 g/mol. The second-order valence-corrected chi connectivity index (χ2v) is 4.48. The van der Waals surface area contributed by atoms with Gasteiger partial charge in [-0.05, 0) is 12.8 Å². The smallest absolute Gasteiger partial charge is 0.234 e. The normalized spacial score (nSPS) is 17.3. The van der Waals surface area contributed by atoms with Crippen molar-refractivity contribution in [2.24, 2.45) is 0 Å². The molecule has 1 amide bonds. The van der Waals surface area contributed by atoms with Crippen LogP contribution in [0.4, 0.5) is 0 Å². The van der Waals surface area contributed by atoms with Crippen LogP contribution in [0.25, 0.3) is 0 Å². The van der Waals surface area contributed by atoms with E-state index >= 15 is 0 Å². The van der Waals surface area contributed by atoms with Crippen molar-refractivity contribution in [3.8, 4) is 12.3 Å². The molecule has 5 nitrogen and oxygen atoms in total. The maximum absolute atomic E-state index is 11.5. The van der Waals surface area contributed by atoms with Crippen LogP contribution in [0.5, 0.6) is 0 Å². The minimum atomic E-state index is 0.0260. The van der Waals surface area contributed by atoms with Gasteiger partial charge in [0.2, 0.25) is 5.91 Å².